The zero-order chi connectivity index (χ0) is 13.8. The van der Waals surface area contributed by atoms with Gasteiger partial charge in [-0.3, -0.25) is 4.79 Å². The van der Waals surface area contributed by atoms with Gasteiger partial charge in [-0.1, -0.05) is 12.1 Å². The molecule has 0 bridgehead atoms. The third-order valence-corrected chi connectivity index (χ3v) is 3.19. The summed E-state index contributed by atoms with van der Waals surface area (Å²) >= 11 is 0. The first-order chi connectivity index (χ1) is 9.13. The molecule has 100 valence electrons. The van der Waals surface area contributed by atoms with Gasteiger partial charge in [0.2, 0.25) is 0 Å². The van der Waals surface area contributed by atoms with Crippen LogP contribution in [0.4, 0.5) is 11.5 Å². The number of hydrogen-bond acceptors (Lipinski definition) is 4. The van der Waals surface area contributed by atoms with E-state index >= 15 is 0 Å². The van der Waals surface area contributed by atoms with E-state index in [1.54, 1.807) is 17.0 Å². The Morgan fingerprint density at radius 1 is 1.42 bits per heavy atom. The van der Waals surface area contributed by atoms with Crippen molar-refractivity contribution >= 4 is 11.5 Å². The van der Waals surface area contributed by atoms with Crippen LogP contribution in [0.5, 0.6) is 0 Å². The van der Waals surface area contributed by atoms with Crippen LogP contribution < -0.4 is 16.6 Å². The fourth-order valence-electron chi connectivity index (χ4n) is 1.89. The van der Waals surface area contributed by atoms with E-state index in [9.17, 15) is 4.79 Å². The Morgan fingerprint density at radius 3 is 2.95 bits per heavy atom. The van der Waals surface area contributed by atoms with Gasteiger partial charge >= 0.3 is 0 Å². The van der Waals surface area contributed by atoms with Crippen molar-refractivity contribution in [1.82, 2.24) is 9.55 Å². The smallest absolute Gasteiger partial charge is 0.293 e. The lowest BCUT2D eigenvalue weighted by molar-refractivity contribution is 0.718. The monoisotopic (exact) mass is 258 g/mol. The number of nitrogens with zero attached hydrogens (tertiary/aromatic N) is 2. The maximum absolute atomic E-state index is 12.0. The van der Waals surface area contributed by atoms with Crippen molar-refractivity contribution in [1.29, 1.82) is 0 Å². The first kappa shape index (κ1) is 13.1. The Morgan fingerprint density at radius 2 is 2.21 bits per heavy atom. The normalized spacial score (nSPS) is 10.4. The number of hydrogen-bond donors (Lipinski definition) is 2. The zero-order valence-electron chi connectivity index (χ0n) is 11.2. The highest BCUT2D eigenvalue weighted by Gasteiger charge is 2.05. The summed E-state index contributed by atoms with van der Waals surface area (Å²) in [6.07, 6.45) is 3.30. The van der Waals surface area contributed by atoms with E-state index in [1.165, 1.54) is 0 Å². The third kappa shape index (κ3) is 2.76. The van der Waals surface area contributed by atoms with Gasteiger partial charge in [-0.15, -0.1) is 0 Å². The van der Waals surface area contributed by atoms with E-state index in [-0.39, 0.29) is 5.56 Å². The van der Waals surface area contributed by atoms with Crippen molar-refractivity contribution in [3.05, 3.63) is 52.1 Å². The van der Waals surface area contributed by atoms with Crippen molar-refractivity contribution in [2.75, 3.05) is 11.1 Å². The summed E-state index contributed by atoms with van der Waals surface area (Å²) < 4.78 is 1.61. The molecule has 0 amide bonds. The fourth-order valence-corrected chi connectivity index (χ4v) is 1.89. The molecule has 2 aromatic rings. The van der Waals surface area contributed by atoms with Crippen molar-refractivity contribution in [3.63, 3.8) is 0 Å². The summed E-state index contributed by atoms with van der Waals surface area (Å²) in [5.41, 5.74) is 8.60. The quantitative estimate of drug-likeness (QED) is 0.820. The van der Waals surface area contributed by atoms with Crippen molar-refractivity contribution in [3.8, 4) is 0 Å². The lowest BCUT2D eigenvalue weighted by Gasteiger charge is -2.10. The highest BCUT2D eigenvalue weighted by Crippen LogP contribution is 2.15. The molecule has 0 aliphatic rings. The first-order valence-electron chi connectivity index (χ1n) is 6.26. The molecule has 0 saturated heterocycles. The van der Waals surface area contributed by atoms with Gasteiger partial charge in [0, 0.05) is 31.2 Å². The third-order valence-electron chi connectivity index (χ3n) is 3.19. The van der Waals surface area contributed by atoms with Crippen LogP contribution in [0.3, 0.4) is 0 Å². The molecule has 3 N–H and O–H groups in total. The van der Waals surface area contributed by atoms with Crippen LogP contribution in [-0.4, -0.2) is 9.55 Å². The van der Waals surface area contributed by atoms with Crippen LogP contribution >= 0.6 is 0 Å². The van der Waals surface area contributed by atoms with Crippen LogP contribution in [-0.2, 0) is 13.1 Å². The van der Waals surface area contributed by atoms with Crippen molar-refractivity contribution in [2.45, 2.75) is 26.9 Å². The van der Waals surface area contributed by atoms with Gasteiger partial charge in [-0.05, 0) is 31.0 Å². The second-order valence-corrected chi connectivity index (χ2v) is 4.35. The standard InChI is InChI=1S/C14H18N4O/c1-3-18-8-7-16-13(14(18)19)17-9-11-5-4-6-12(15)10(11)2/h4-8H,3,9,15H2,1-2H3,(H,16,17). The van der Waals surface area contributed by atoms with Crippen molar-refractivity contribution in [2.24, 2.45) is 0 Å². The lowest BCUT2D eigenvalue weighted by atomic mass is 10.1. The number of aryl methyl sites for hydroxylation is 1. The van der Waals surface area contributed by atoms with E-state index in [2.05, 4.69) is 10.3 Å². The number of aromatic nitrogens is 2. The van der Waals surface area contributed by atoms with Crippen LogP contribution in [0.15, 0.2) is 35.4 Å². The molecule has 0 radical (unpaired) electrons. The molecular formula is C14H18N4O. The minimum atomic E-state index is -0.105. The molecule has 5 heteroatoms. The molecule has 2 rings (SSSR count). The molecule has 1 aromatic heterocycles. The SMILES string of the molecule is CCn1ccnc(NCc2cccc(N)c2C)c1=O. The minimum absolute atomic E-state index is 0.105. The van der Waals surface area contributed by atoms with Gasteiger partial charge in [0.15, 0.2) is 5.82 Å². The lowest BCUT2D eigenvalue weighted by Crippen LogP contribution is -2.23. The molecular weight excluding hydrogens is 240 g/mol. The number of nitrogens with two attached hydrogens (primary N) is 1. The summed E-state index contributed by atoms with van der Waals surface area (Å²) in [6, 6.07) is 5.76. The fraction of sp³-hybridized carbons (Fsp3) is 0.286. The molecule has 1 aromatic carbocycles. The Hall–Kier alpha value is -2.30. The maximum atomic E-state index is 12.0. The van der Waals surface area contributed by atoms with Gasteiger partial charge in [0.05, 0.1) is 0 Å². The largest absolute Gasteiger partial charge is 0.399 e. The van der Waals surface area contributed by atoms with Gasteiger partial charge in [0.1, 0.15) is 0 Å². The first-order valence-corrected chi connectivity index (χ1v) is 6.26. The number of benzene rings is 1. The molecule has 0 aliphatic heterocycles. The average molecular weight is 258 g/mol. The van der Waals surface area contributed by atoms with E-state index in [0.717, 1.165) is 16.8 Å². The molecule has 0 saturated carbocycles. The van der Waals surface area contributed by atoms with E-state index in [4.69, 9.17) is 5.73 Å². The number of nitrogen functional groups attached to an aromatic ring is 1. The molecule has 0 fully saturated rings. The van der Waals surface area contributed by atoms with Crippen LogP contribution in [0.25, 0.3) is 0 Å². The summed E-state index contributed by atoms with van der Waals surface area (Å²) in [6.45, 7) is 5.06. The molecule has 0 atom stereocenters. The summed E-state index contributed by atoms with van der Waals surface area (Å²) in [5, 5.41) is 3.07. The van der Waals surface area contributed by atoms with Crippen molar-refractivity contribution < 1.29 is 0 Å². The number of nitrogens with one attached hydrogen (secondary N) is 1. The van der Waals surface area contributed by atoms with Gasteiger partial charge in [-0.2, -0.15) is 0 Å². The van der Waals surface area contributed by atoms with Crippen LogP contribution in [0.1, 0.15) is 18.1 Å². The summed E-state index contributed by atoms with van der Waals surface area (Å²) in [4.78, 5) is 16.1. The minimum Gasteiger partial charge on any atom is -0.399 e. The molecule has 0 aliphatic carbocycles. The second kappa shape index (κ2) is 5.56. The highest BCUT2D eigenvalue weighted by atomic mass is 16.1. The number of rotatable bonds is 4. The predicted molar refractivity (Wildman–Crippen MR) is 77.1 cm³/mol. The molecule has 1 heterocycles. The summed E-state index contributed by atoms with van der Waals surface area (Å²) in [5.74, 6) is 0.367. The van der Waals surface area contributed by atoms with Crippen LogP contribution in [0.2, 0.25) is 0 Å². The molecule has 5 nitrogen and oxygen atoms in total. The van der Waals surface area contributed by atoms with Gasteiger partial charge in [-0.25, -0.2) is 4.98 Å². The second-order valence-electron chi connectivity index (χ2n) is 4.35. The maximum Gasteiger partial charge on any atom is 0.293 e. The Bertz CT molecular complexity index is 634. The van der Waals surface area contributed by atoms with Crippen LogP contribution in [0, 0.1) is 6.92 Å². The molecule has 19 heavy (non-hydrogen) atoms. The van der Waals surface area contributed by atoms with E-state index in [1.807, 2.05) is 32.0 Å². The molecule has 0 spiro atoms. The van der Waals surface area contributed by atoms with E-state index in [0.29, 0.717) is 18.9 Å². The average Bonchev–Trinajstić information content (AvgIpc) is 2.42. The van der Waals surface area contributed by atoms with Gasteiger partial charge in [0.25, 0.3) is 5.56 Å². The Labute approximate surface area is 112 Å². The zero-order valence-corrected chi connectivity index (χ0v) is 11.2. The highest BCUT2D eigenvalue weighted by molar-refractivity contribution is 5.50. The topological polar surface area (TPSA) is 72.9 Å². The molecule has 0 unspecified atom stereocenters. The Balaban J connectivity index is 2.19. The predicted octanol–water partition coefficient (Wildman–Crippen LogP) is 1.77. The Kier molecular flexibility index (Phi) is 3.85. The van der Waals surface area contributed by atoms with E-state index < -0.39 is 0 Å². The summed E-state index contributed by atoms with van der Waals surface area (Å²) in [7, 11) is 0. The number of anilines is 2. The van der Waals surface area contributed by atoms with Gasteiger partial charge < -0.3 is 15.6 Å².